The van der Waals surface area contributed by atoms with Crippen LogP contribution in [0, 0.1) is 5.92 Å². The fourth-order valence-electron chi connectivity index (χ4n) is 4.14. The minimum absolute atomic E-state index is 0.0200. The van der Waals surface area contributed by atoms with E-state index >= 15 is 0 Å². The van der Waals surface area contributed by atoms with Crippen LogP contribution in [0.25, 0.3) is 0 Å². The van der Waals surface area contributed by atoms with Crippen molar-refractivity contribution in [1.82, 2.24) is 20.7 Å². The fourth-order valence-corrected chi connectivity index (χ4v) is 4.26. The first-order valence-corrected chi connectivity index (χ1v) is 10.4. The molecular weight excluding hydrogens is 372 g/mol. The quantitative estimate of drug-likeness (QED) is 0.831. The molecule has 0 spiro atoms. The molecule has 1 amide bonds. The summed E-state index contributed by atoms with van der Waals surface area (Å²) in [6.07, 6.45) is 1.01. The SMILES string of the molecule is O=C(C1CNNC1c1ccc(Cl)cc1)N1CCCN(Cc2ccccc2)CC1. The standard InChI is InChI=1S/C22H27ClN4O/c23-19-9-7-18(8-10-19)21-20(15-24-25-21)22(28)27-12-4-11-26(13-14-27)16-17-5-2-1-3-6-17/h1-3,5-10,20-21,24-25H,4,11-16H2. The fraction of sp³-hybridized carbons (Fsp3) is 0.409. The molecule has 2 atom stereocenters. The van der Waals surface area contributed by atoms with Crippen LogP contribution in [-0.4, -0.2) is 48.4 Å². The van der Waals surface area contributed by atoms with Gasteiger partial charge in [0.25, 0.3) is 0 Å². The molecule has 2 N–H and O–H groups in total. The summed E-state index contributed by atoms with van der Waals surface area (Å²) in [6.45, 7) is 5.16. The highest BCUT2D eigenvalue weighted by Crippen LogP contribution is 2.28. The summed E-state index contributed by atoms with van der Waals surface area (Å²) in [6, 6.07) is 18.3. The van der Waals surface area contributed by atoms with E-state index in [0.29, 0.717) is 11.6 Å². The normalized spacial score (nSPS) is 23.5. The third kappa shape index (κ3) is 4.55. The van der Waals surface area contributed by atoms with Gasteiger partial charge in [-0.1, -0.05) is 54.1 Å². The molecule has 2 aliphatic heterocycles. The van der Waals surface area contributed by atoms with E-state index in [4.69, 9.17) is 11.6 Å². The van der Waals surface area contributed by atoms with Crippen molar-refractivity contribution in [3.05, 3.63) is 70.7 Å². The van der Waals surface area contributed by atoms with E-state index < -0.39 is 0 Å². The van der Waals surface area contributed by atoms with E-state index in [9.17, 15) is 4.79 Å². The average molecular weight is 399 g/mol. The number of amides is 1. The molecule has 0 aromatic heterocycles. The first-order chi connectivity index (χ1) is 13.7. The number of rotatable bonds is 4. The summed E-state index contributed by atoms with van der Waals surface area (Å²) >= 11 is 6.01. The first kappa shape index (κ1) is 19.4. The van der Waals surface area contributed by atoms with E-state index in [0.717, 1.165) is 44.7 Å². The van der Waals surface area contributed by atoms with Crippen molar-refractivity contribution in [3.8, 4) is 0 Å². The maximum Gasteiger partial charge on any atom is 0.229 e. The first-order valence-electron chi connectivity index (χ1n) is 9.99. The van der Waals surface area contributed by atoms with Gasteiger partial charge in [-0.2, -0.15) is 0 Å². The lowest BCUT2D eigenvalue weighted by Gasteiger charge is -2.27. The molecule has 2 unspecified atom stereocenters. The Morgan fingerprint density at radius 1 is 1.00 bits per heavy atom. The number of benzene rings is 2. The summed E-state index contributed by atoms with van der Waals surface area (Å²) in [5, 5.41) is 0.712. The Labute approximate surface area is 171 Å². The molecule has 2 aromatic carbocycles. The highest BCUT2D eigenvalue weighted by molar-refractivity contribution is 6.30. The molecule has 0 bridgehead atoms. The number of hydrogen-bond donors (Lipinski definition) is 2. The van der Waals surface area contributed by atoms with Crippen molar-refractivity contribution in [2.24, 2.45) is 5.92 Å². The Morgan fingerprint density at radius 2 is 1.79 bits per heavy atom. The second-order valence-electron chi connectivity index (χ2n) is 7.60. The molecule has 2 fully saturated rings. The van der Waals surface area contributed by atoms with Crippen molar-refractivity contribution in [3.63, 3.8) is 0 Å². The minimum atomic E-state index is -0.0955. The van der Waals surface area contributed by atoms with Crippen molar-refractivity contribution < 1.29 is 4.79 Å². The summed E-state index contributed by atoms with van der Waals surface area (Å²) in [5.74, 6) is 0.140. The Morgan fingerprint density at radius 3 is 2.57 bits per heavy atom. The largest absolute Gasteiger partial charge is 0.341 e. The number of carbonyl (C=O) groups is 1. The molecule has 4 rings (SSSR count). The molecule has 2 aromatic rings. The van der Waals surface area contributed by atoms with Gasteiger partial charge in [-0.25, -0.2) is 5.43 Å². The number of nitrogens with one attached hydrogen (secondary N) is 2. The summed E-state index contributed by atoms with van der Waals surface area (Å²) in [7, 11) is 0. The second-order valence-corrected chi connectivity index (χ2v) is 8.04. The van der Waals surface area contributed by atoms with E-state index in [1.807, 2.05) is 35.2 Å². The zero-order valence-electron chi connectivity index (χ0n) is 16.0. The molecule has 2 aliphatic rings. The maximum absolute atomic E-state index is 13.3. The lowest BCUT2D eigenvalue weighted by Crippen LogP contribution is -2.41. The third-order valence-corrected chi connectivity index (χ3v) is 5.93. The number of halogens is 1. The molecule has 0 aliphatic carbocycles. The molecule has 2 saturated heterocycles. The lowest BCUT2D eigenvalue weighted by atomic mass is 9.93. The molecule has 0 radical (unpaired) electrons. The number of carbonyl (C=O) groups excluding carboxylic acids is 1. The highest BCUT2D eigenvalue weighted by atomic mass is 35.5. The predicted molar refractivity (Wildman–Crippen MR) is 112 cm³/mol. The van der Waals surface area contributed by atoms with E-state index in [-0.39, 0.29) is 17.9 Å². The highest BCUT2D eigenvalue weighted by Gasteiger charge is 2.36. The zero-order valence-corrected chi connectivity index (χ0v) is 16.7. The van der Waals surface area contributed by atoms with Gasteiger partial charge in [-0.15, -0.1) is 0 Å². The summed E-state index contributed by atoms with van der Waals surface area (Å²) in [5.41, 5.74) is 8.86. The summed E-state index contributed by atoms with van der Waals surface area (Å²) < 4.78 is 0. The molecule has 6 heteroatoms. The maximum atomic E-state index is 13.3. The van der Waals surface area contributed by atoms with Crippen LogP contribution < -0.4 is 10.9 Å². The summed E-state index contributed by atoms with van der Waals surface area (Å²) in [4.78, 5) is 17.8. The molecule has 28 heavy (non-hydrogen) atoms. The van der Waals surface area contributed by atoms with Crippen molar-refractivity contribution in [1.29, 1.82) is 0 Å². The van der Waals surface area contributed by atoms with Crippen LogP contribution in [0.5, 0.6) is 0 Å². The number of nitrogens with zero attached hydrogens (tertiary/aromatic N) is 2. The number of hydrazine groups is 1. The smallest absolute Gasteiger partial charge is 0.229 e. The van der Waals surface area contributed by atoms with Gasteiger partial charge in [0.05, 0.1) is 12.0 Å². The topological polar surface area (TPSA) is 47.6 Å². The monoisotopic (exact) mass is 398 g/mol. The van der Waals surface area contributed by atoms with Crippen molar-refractivity contribution in [2.75, 3.05) is 32.7 Å². The van der Waals surface area contributed by atoms with Crippen LogP contribution in [0.15, 0.2) is 54.6 Å². The predicted octanol–water partition coefficient (Wildman–Crippen LogP) is 2.84. The van der Waals surface area contributed by atoms with Gasteiger partial charge in [0, 0.05) is 44.3 Å². The zero-order chi connectivity index (χ0) is 19.3. The van der Waals surface area contributed by atoms with Crippen molar-refractivity contribution in [2.45, 2.75) is 19.0 Å². The molecule has 5 nitrogen and oxygen atoms in total. The van der Waals surface area contributed by atoms with Crippen LogP contribution in [0.4, 0.5) is 0 Å². The average Bonchev–Trinajstić information content (AvgIpc) is 3.09. The Kier molecular flexibility index (Phi) is 6.27. The van der Waals surface area contributed by atoms with E-state index in [1.165, 1.54) is 5.56 Å². The third-order valence-electron chi connectivity index (χ3n) is 5.68. The van der Waals surface area contributed by atoms with Gasteiger partial charge in [0.1, 0.15) is 0 Å². The van der Waals surface area contributed by atoms with Gasteiger partial charge in [-0.3, -0.25) is 15.1 Å². The molecule has 148 valence electrons. The number of hydrogen-bond acceptors (Lipinski definition) is 4. The van der Waals surface area contributed by atoms with Gasteiger partial charge in [0.15, 0.2) is 0 Å². The Hall–Kier alpha value is -1.92. The van der Waals surface area contributed by atoms with Crippen LogP contribution in [0.3, 0.4) is 0 Å². The van der Waals surface area contributed by atoms with E-state index in [2.05, 4.69) is 40.0 Å². The lowest BCUT2D eigenvalue weighted by molar-refractivity contribution is -0.135. The van der Waals surface area contributed by atoms with Gasteiger partial charge in [0.2, 0.25) is 5.91 Å². The van der Waals surface area contributed by atoms with Gasteiger partial charge < -0.3 is 4.90 Å². The van der Waals surface area contributed by atoms with Gasteiger partial charge in [-0.05, 0) is 29.7 Å². The Bertz CT molecular complexity index is 783. The molecule has 2 heterocycles. The van der Waals surface area contributed by atoms with Crippen LogP contribution >= 0.6 is 11.6 Å². The minimum Gasteiger partial charge on any atom is -0.341 e. The van der Waals surface area contributed by atoms with Gasteiger partial charge >= 0.3 is 0 Å². The van der Waals surface area contributed by atoms with E-state index in [1.54, 1.807) is 0 Å². The Balaban J connectivity index is 1.38. The van der Waals surface area contributed by atoms with Crippen LogP contribution in [0.1, 0.15) is 23.6 Å². The van der Waals surface area contributed by atoms with Crippen LogP contribution in [-0.2, 0) is 11.3 Å². The molecular formula is C22H27ClN4O. The van der Waals surface area contributed by atoms with Crippen LogP contribution in [0.2, 0.25) is 5.02 Å². The van der Waals surface area contributed by atoms with Crippen molar-refractivity contribution >= 4 is 17.5 Å². The molecule has 0 saturated carbocycles. The second kappa shape index (κ2) is 9.05.